The van der Waals surface area contributed by atoms with E-state index in [1.165, 1.54) is 6.07 Å². The van der Waals surface area contributed by atoms with Crippen LogP contribution in [0, 0.1) is 5.82 Å². The molecule has 3 N–H and O–H groups in total. The second kappa shape index (κ2) is 7.67. The fourth-order valence-electron chi connectivity index (χ4n) is 4.78. The fourth-order valence-corrected chi connectivity index (χ4v) is 5.36. The van der Waals surface area contributed by atoms with Gasteiger partial charge in [0, 0.05) is 39.0 Å². The SMILES string of the molecule is Nc1c(-c2ccc(F)c3nn(C4CCCCO4)cc23)c2cc(Br)c3ccccc3c2[nH]c1=O. The lowest BCUT2D eigenvalue weighted by atomic mass is 9.95. The van der Waals surface area contributed by atoms with Crippen molar-refractivity contribution in [2.24, 2.45) is 0 Å². The van der Waals surface area contributed by atoms with E-state index in [9.17, 15) is 9.18 Å². The number of aromatic nitrogens is 3. The van der Waals surface area contributed by atoms with Crippen molar-refractivity contribution in [3.63, 3.8) is 0 Å². The molecule has 1 aliphatic heterocycles. The van der Waals surface area contributed by atoms with Crippen molar-refractivity contribution in [1.29, 1.82) is 0 Å². The highest BCUT2D eigenvalue weighted by Crippen LogP contribution is 2.40. The standard InChI is InChI=1S/C25H20BrFN4O2/c26-18-11-16-21(22(28)25(32)29-23(16)15-6-2-1-5-13(15)18)14-8-9-19(27)24-17(14)12-31(30-24)20-7-3-4-10-33-20/h1-2,5-6,8-9,11-12,20H,3-4,7,10,28H2,(H,29,32). The predicted octanol–water partition coefficient (Wildman–Crippen LogP) is 5.88. The third-order valence-electron chi connectivity index (χ3n) is 6.38. The molecule has 0 aliphatic carbocycles. The van der Waals surface area contributed by atoms with Crippen molar-refractivity contribution in [3.8, 4) is 11.1 Å². The number of rotatable bonds is 2. The summed E-state index contributed by atoms with van der Waals surface area (Å²) in [4.78, 5) is 15.8. The lowest BCUT2D eigenvalue weighted by Gasteiger charge is -2.22. The van der Waals surface area contributed by atoms with Crippen molar-refractivity contribution < 1.29 is 9.13 Å². The van der Waals surface area contributed by atoms with E-state index in [-0.39, 0.29) is 23.0 Å². The summed E-state index contributed by atoms with van der Waals surface area (Å²) in [7, 11) is 0. The summed E-state index contributed by atoms with van der Waals surface area (Å²) in [5.74, 6) is -0.428. The van der Waals surface area contributed by atoms with Gasteiger partial charge in [-0.1, -0.05) is 46.3 Å². The van der Waals surface area contributed by atoms with Crippen LogP contribution in [0.5, 0.6) is 0 Å². The molecule has 1 aliphatic rings. The Labute approximate surface area is 196 Å². The molecule has 166 valence electrons. The first-order valence-corrected chi connectivity index (χ1v) is 11.6. The van der Waals surface area contributed by atoms with Crippen LogP contribution in [-0.2, 0) is 4.74 Å². The monoisotopic (exact) mass is 506 g/mol. The number of nitrogens with two attached hydrogens (primary N) is 1. The van der Waals surface area contributed by atoms with E-state index in [1.54, 1.807) is 16.9 Å². The third kappa shape index (κ3) is 3.16. The van der Waals surface area contributed by atoms with Crippen LogP contribution in [-0.4, -0.2) is 21.4 Å². The molecule has 3 aromatic carbocycles. The van der Waals surface area contributed by atoms with E-state index in [0.717, 1.165) is 39.9 Å². The number of benzene rings is 3. The molecular weight excluding hydrogens is 487 g/mol. The van der Waals surface area contributed by atoms with Gasteiger partial charge < -0.3 is 15.5 Å². The lowest BCUT2D eigenvalue weighted by Crippen LogP contribution is -2.18. The highest BCUT2D eigenvalue weighted by atomic mass is 79.9. The van der Waals surface area contributed by atoms with Crippen LogP contribution < -0.4 is 11.3 Å². The Balaban J connectivity index is 1.69. The van der Waals surface area contributed by atoms with E-state index in [0.29, 0.717) is 28.6 Å². The molecule has 8 heteroatoms. The maximum atomic E-state index is 14.8. The van der Waals surface area contributed by atoms with Gasteiger partial charge in [-0.25, -0.2) is 9.07 Å². The molecule has 1 unspecified atom stereocenters. The Morgan fingerprint density at radius 3 is 2.73 bits per heavy atom. The first kappa shape index (κ1) is 20.4. The minimum absolute atomic E-state index is 0.0826. The van der Waals surface area contributed by atoms with Gasteiger partial charge in [0.05, 0.1) is 5.52 Å². The van der Waals surface area contributed by atoms with Gasteiger partial charge in [-0.2, -0.15) is 5.10 Å². The molecule has 1 atom stereocenters. The maximum Gasteiger partial charge on any atom is 0.272 e. The molecule has 0 spiro atoms. The molecule has 2 aromatic heterocycles. The Morgan fingerprint density at radius 2 is 1.94 bits per heavy atom. The average Bonchev–Trinajstić information content (AvgIpc) is 3.29. The molecule has 33 heavy (non-hydrogen) atoms. The normalized spacial score (nSPS) is 16.7. The van der Waals surface area contributed by atoms with Crippen LogP contribution in [0.15, 0.2) is 57.9 Å². The van der Waals surface area contributed by atoms with E-state index in [4.69, 9.17) is 10.5 Å². The summed E-state index contributed by atoms with van der Waals surface area (Å²) in [6.45, 7) is 0.656. The van der Waals surface area contributed by atoms with Gasteiger partial charge in [-0.05, 0) is 42.3 Å². The zero-order chi connectivity index (χ0) is 22.7. The van der Waals surface area contributed by atoms with Gasteiger partial charge in [0.2, 0.25) is 0 Å². The van der Waals surface area contributed by atoms with Gasteiger partial charge in [0.1, 0.15) is 17.4 Å². The summed E-state index contributed by atoms with van der Waals surface area (Å²) in [6, 6.07) is 12.8. The van der Waals surface area contributed by atoms with Crippen LogP contribution in [0.1, 0.15) is 25.5 Å². The largest absolute Gasteiger partial charge is 0.394 e. The number of nitrogen functional groups attached to an aromatic ring is 1. The molecule has 5 aromatic rings. The van der Waals surface area contributed by atoms with Crippen molar-refractivity contribution in [1.82, 2.24) is 14.8 Å². The van der Waals surface area contributed by atoms with Gasteiger partial charge >= 0.3 is 0 Å². The number of anilines is 1. The highest BCUT2D eigenvalue weighted by Gasteiger charge is 2.22. The zero-order valence-electron chi connectivity index (χ0n) is 17.6. The second-order valence-electron chi connectivity index (χ2n) is 8.36. The van der Waals surface area contributed by atoms with Crippen LogP contribution in [0.2, 0.25) is 0 Å². The molecule has 0 bridgehead atoms. The van der Waals surface area contributed by atoms with E-state index >= 15 is 0 Å². The molecule has 1 fully saturated rings. The van der Waals surface area contributed by atoms with E-state index in [2.05, 4.69) is 26.0 Å². The molecular formula is C25H20BrFN4O2. The number of nitrogens with zero attached hydrogens (tertiary/aromatic N) is 2. The van der Waals surface area contributed by atoms with E-state index < -0.39 is 5.82 Å². The number of pyridine rings is 1. The summed E-state index contributed by atoms with van der Waals surface area (Å²) < 4.78 is 23.2. The second-order valence-corrected chi connectivity index (χ2v) is 9.21. The summed E-state index contributed by atoms with van der Waals surface area (Å²) in [5.41, 5.74) is 8.18. The predicted molar refractivity (Wildman–Crippen MR) is 132 cm³/mol. The Morgan fingerprint density at radius 1 is 1.12 bits per heavy atom. The number of hydrogen-bond donors (Lipinski definition) is 2. The minimum Gasteiger partial charge on any atom is -0.394 e. The topological polar surface area (TPSA) is 85.9 Å². The van der Waals surface area contributed by atoms with Gasteiger partial charge in [-0.15, -0.1) is 0 Å². The smallest absolute Gasteiger partial charge is 0.272 e. The van der Waals surface area contributed by atoms with Crippen molar-refractivity contribution in [2.75, 3.05) is 12.3 Å². The molecule has 3 heterocycles. The third-order valence-corrected chi connectivity index (χ3v) is 7.04. The Bertz CT molecular complexity index is 1620. The summed E-state index contributed by atoms with van der Waals surface area (Å²) in [6.07, 6.45) is 4.43. The molecule has 0 radical (unpaired) electrons. The van der Waals surface area contributed by atoms with Crippen LogP contribution in [0.4, 0.5) is 10.1 Å². The summed E-state index contributed by atoms with van der Waals surface area (Å²) in [5, 5.41) is 7.73. The molecule has 0 saturated carbocycles. The van der Waals surface area contributed by atoms with E-state index in [1.807, 2.05) is 30.3 Å². The van der Waals surface area contributed by atoms with Crippen molar-refractivity contribution >= 4 is 54.2 Å². The molecule has 0 amide bonds. The number of halogens is 2. The van der Waals surface area contributed by atoms with Gasteiger partial charge in [0.15, 0.2) is 5.82 Å². The maximum absolute atomic E-state index is 14.8. The highest BCUT2D eigenvalue weighted by molar-refractivity contribution is 9.10. The Kier molecular flexibility index (Phi) is 4.74. The van der Waals surface area contributed by atoms with Gasteiger partial charge in [0.25, 0.3) is 5.56 Å². The summed E-state index contributed by atoms with van der Waals surface area (Å²) >= 11 is 3.66. The molecule has 6 rings (SSSR count). The fraction of sp³-hybridized carbons (Fsp3) is 0.200. The first-order chi connectivity index (χ1) is 16.0. The van der Waals surface area contributed by atoms with Crippen molar-refractivity contribution in [2.45, 2.75) is 25.5 Å². The van der Waals surface area contributed by atoms with Gasteiger partial charge in [-0.3, -0.25) is 4.79 Å². The number of aromatic amines is 1. The number of fused-ring (bicyclic) bond motifs is 4. The number of ether oxygens (including phenoxy) is 1. The van der Waals surface area contributed by atoms with Crippen LogP contribution in [0.3, 0.4) is 0 Å². The molecule has 1 saturated heterocycles. The lowest BCUT2D eigenvalue weighted by molar-refractivity contribution is -0.0391. The minimum atomic E-state index is -0.428. The number of H-pyrrole nitrogens is 1. The first-order valence-electron chi connectivity index (χ1n) is 10.8. The van der Waals surface area contributed by atoms with Crippen molar-refractivity contribution in [3.05, 3.63) is 69.3 Å². The number of nitrogens with one attached hydrogen (secondary N) is 1. The quantitative estimate of drug-likeness (QED) is 0.292. The molecule has 6 nitrogen and oxygen atoms in total. The van der Waals surface area contributed by atoms with Crippen LogP contribution >= 0.6 is 15.9 Å². The Hall–Kier alpha value is -3.23. The average molecular weight is 507 g/mol. The van der Waals surface area contributed by atoms with Crippen LogP contribution in [0.25, 0.3) is 43.7 Å². The number of hydrogen-bond acceptors (Lipinski definition) is 4. The zero-order valence-corrected chi connectivity index (χ0v) is 19.2.